The Hall–Kier alpha value is -3.03. The molecule has 110 valence electrons. The average molecular weight is 291 g/mol. The van der Waals surface area contributed by atoms with Crippen molar-refractivity contribution in [3.05, 3.63) is 49.0 Å². The van der Waals surface area contributed by atoms with Gasteiger partial charge in [-0.25, -0.2) is 0 Å². The summed E-state index contributed by atoms with van der Waals surface area (Å²) >= 11 is 0. The number of nitro groups is 1. The standard InChI is InChI=1S/C13H13N3O5/c1-7-14-9(13(18)15(7)2)4-8-5-10(16(19)20)12(17)11(6-8)21-3/h4-6,14,17H,1H2,2-3H3. The Bertz CT molecular complexity index is 878. The average Bonchev–Trinajstić information content (AvgIpc) is 2.67. The maximum atomic E-state index is 11.9. The molecule has 0 radical (unpaired) electrons. The minimum Gasteiger partial charge on any atom is -0.500 e. The lowest BCUT2D eigenvalue weighted by Gasteiger charge is -2.04. The second-order valence-electron chi connectivity index (χ2n) is 4.34. The van der Waals surface area contributed by atoms with E-state index in [-0.39, 0.29) is 16.7 Å². The van der Waals surface area contributed by atoms with E-state index >= 15 is 0 Å². The lowest BCUT2D eigenvalue weighted by Crippen LogP contribution is -2.28. The zero-order valence-electron chi connectivity index (χ0n) is 11.4. The number of hydrogen-bond donors (Lipinski definition) is 2. The molecule has 0 saturated heterocycles. The summed E-state index contributed by atoms with van der Waals surface area (Å²) in [5, 5.41) is 20.8. The van der Waals surface area contributed by atoms with Crippen LogP contribution in [0.3, 0.4) is 0 Å². The number of nitrogens with one attached hydrogen (secondary N) is 1. The number of imidazole rings is 1. The van der Waals surface area contributed by atoms with Crippen molar-refractivity contribution in [2.45, 2.75) is 0 Å². The van der Waals surface area contributed by atoms with E-state index in [1.165, 1.54) is 23.8 Å². The van der Waals surface area contributed by atoms with Crippen molar-refractivity contribution in [2.24, 2.45) is 7.05 Å². The third-order valence-corrected chi connectivity index (χ3v) is 3.02. The first-order chi connectivity index (χ1) is 9.85. The predicted molar refractivity (Wildman–Crippen MR) is 75.7 cm³/mol. The van der Waals surface area contributed by atoms with Crippen LogP contribution in [0, 0.1) is 10.1 Å². The molecule has 0 saturated carbocycles. The number of phenols is 1. The third-order valence-electron chi connectivity index (χ3n) is 3.02. The van der Waals surface area contributed by atoms with Crippen LogP contribution in [0.1, 0.15) is 5.56 Å². The van der Waals surface area contributed by atoms with Crippen molar-refractivity contribution in [3.8, 4) is 11.5 Å². The highest BCUT2D eigenvalue weighted by Crippen LogP contribution is 2.36. The molecule has 2 aromatic rings. The lowest BCUT2D eigenvalue weighted by molar-refractivity contribution is -0.386. The van der Waals surface area contributed by atoms with Crippen molar-refractivity contribution < 1.29 is 14.8 Å². The van der Waals surface area contributed by atoms with Gasteiger partial charge in [-0.1, -0.05) is 6.58 Å². The van der Waals surface area contributed by atoms with Crippen LogP contribution < -0.4 is 21.1 Å². The van der Waals surface area contributed by atoms with E-state index in [9.17, 15) is 20.0 Å². The van der Waals surface area contributed by atoms with Gasteiger partial charge < -0.3 is 14.8 Å². The summed E-state index contributed by atoms with van der Waals surface area (Å²) in [5.74, 6) is -0.606. The van der Waals surface area contributed by atoms with Gasteiger partial charge in [-0.3, -0.25) is 19.5 Å². The number of H-pyrrole nitrogens is 1. The second kappa shape index (κ2) is 5.16. The van der Waals surface area contributed by atoms with Crippen LogP contribution in [0.4, 0.5) is 5.69 Å². The molecule has 1 heterocycles. The van der Waals surface area contributed by atoms with Crippen molar-refractivity contribution in [3.63, 3.8) is 0 Å². The molecule has 1 aromatic heterocycles. The molecule has 0 aliphatic heterocycles. The normalized spacial score (nSPS) is 11.6. The molecular weight excluding hydrogens is 278 g/mol. The number of benzene rings is 1. The van der Waals surface area contributed by atoms with Gasteiger partial charge in [-0.15, -0.1) is 0 Å². The van der Waals surface area contributed by atoms with Crippen LogP contribution in [-0.4, -0.2) is 26.7 Å². The number of aromatic nitrogens is 2. The fourth-order valence-corrected chi connectivity index (χ4v) is 1.85. The van der Waals surface area contributed by atoms with Gasteiger partial charge >= 0.3 is 5.69 Å². The molecule has 0 aliphatic rings. The largest absolute Gasteiger partial charge is 0.500 e. The molecule has 1 aromatic carbocycles. The molecular formula is C13H13N3O5. The number of aromatic amines is 1. The summed E-state index contributed by atoms with van der Waals surface area (Å²) in [4.78, 5) is 24.8. The SMILES string of the molecule is C=c1[nH]c(=Cc2cc(OC)c(O)c([N+](=O)[O-])c2)c(=O)n1C. The summed E-state index contributed by atoms with van der Waals surface area (Å²) in [6.07, 6.45) is 1.42. The molecule has 0 amide bonds. The van der Waals surface area contributed by atoms with E-state index in [1.54, 1.807) is 7.05 Å². The smallest absolute Gasteiger partial charge is 0.315 e. The van der Waals surface area contributed by atoms with E-state index < -0.39 is 16.4 Å². The highest BCUT2D eigenvalue weighted by Gasteiger charge is 2.19. The third kappa shape index (κ3) is 2.50. The molecule has 0 spiro atoms. The quantitative estimate of drug-likeness (QED) is 0.589. The van der Waals surface area contributed by atoms with E-state index in [1.807, 2.05) is 0 Å². The van der Waals surface area contributed by atoms with Gasteiger partial charge in [0.2, 0.25) is 5.75 Å². The van der Waals surface area contributed by atoms with Gasteiger partial charge in [0, 0.05) is 13.1 Å². The molecule has 0 fully saturated rings. The number of ether oxygens (including phenoxy) is 1. The highest BCUT2D eigenvalue weighted by molar-refractivity contribution is 5.64. The van der Waals surface area contributed by atoms with Gasteiger partial charge in [-0.05, 0) is 17.7 Å². The molecule has 8 nitrogen and oxygen atoms in total. The molecule has 8 heteroatoms. The monoisotopic (exact) mass is 291 g/mol. The van der Waals surface area contributed by atoms with Crippen LogP contribution in [-0.2, 0) is 7.05 Å². The number of hydrogen-bond acceptors (Lipinski definition) is 5. The van der Waals surface area contributed by atoms with E-state index in [4.69, 9.17) is 4.74 Å². The summed E-state index contributed by atoms with van der Waals surface area (Å²) in [7, 11) is 2.84. The van der Waals surface area contributed by atoms with Crippen molar-refractivity contribution in [1.82, 2.24) is 9.55 Å². The van der Waals surface area contributed by atoms with Gasteiger partial charge in [0.25, 0.3) is 5.56 Å². The van der Waals surface area contributed by atoms with E-state index in [0.29, 0.717) is 11.0 Å². The Morgan fingerprint density at radius 3 is 2.67 bits per heavy atom. The topological polar surface area (TPSA) is 110 Å². The van der Waals surface area contributed by atoms with Crippen molar-refractivity contribution in [2.75, 3.05) is 7.11 Å². The summed E-state index contributed by atoms with van der Waals surface area (Å²) < 4.78 is 6.21. The van der Waals surface area contributed by atoms with Crippen LogP contribution in [0.5, 0.6) is 11.5 Å². The fraction of sp³-hybridized carbons (Fsp3) is 0.154. The summed E-state index contributed by atoms with van der Waals surface area (Å²) in [6.45, 7) is 3.65. The summed E-state index contributed by atoms with van der Waals surface area (Å²) in [6, 6.07) is 2.55. The first-order valence-corrected chi connectivity index (χ1v) is 5.86. The molecule has 0 aliphatic carbocycles. The molecule has 0 bridgehead atoms. The minimum atomic E-state index is -0.727. The van der Waals surface area contributed by atoms with Gasteiger partial charge in [-0.2, -0.15) is 0 Å². The first kappa shape index (κ1) is 14.4. The Morgan fingerprint density at radius 1 is 1.52 bits per heavy atom. The van der Waals surface area contributed by atoms with E-state index in [2.05, 4.69) is 11.6 Å². The number of nitrogens with zero attached hydrogens (tertiary/aromatic N) is 2. The van der Waals surface area contributed by atoms with Crippen LogP contribution in [0.25, 0.3) is 12.7 Å². The zero-order valence-corrected chi connectivity index (χ0v) is 11.4. The number of aromatic hydroxyl groups is 1. The number of rotatable bonds is 3. The van der Waals surface area contributed by atoms with Gasteiger partial charge in [0.15, 0.2) is 5.75 Å². The molecule has 2 rings (SSSR count). The maximum Gasteiger partial charge on any atom is 0.315 e. The van der Waals surface area contributed by atoms with Gasteiger partial charge in [0.05, 0.1) is 12.0 Å². The van der Waals surface area contributed by atoms with Crippen LogP contribution >= 0.6 is 0 Å². The first-order valence-electron chi connectivity index (χ1n) is 5.86. The van der Waals surface area contributed by atoms with Crippen molar-refractivity contribution in [1.29, 1.82) is 0 Å². The maximum absolute atomic E-state index is 11.9. The predicted octanol–water partition coefficient (Wildman–Crippen LogP) is -0.425. The minimum absolute atomic E-state index is 0.0475. The van der Waals surface area contributed by atoms with E-state index in [0.717, 1.165) is 6.07 Å². The number of phenolic OH excluding ortho intramolecular Hbond substituents is 1. The zero-order chi connectivity index (χ0) is 15.7. The molecule has 2 N–H and O–H groups in total. The van der Waals surface area contributed by atoms with Crippen LogP contribution in [0.2, 0.25) is 0 Å². The van der Waals surface area contributed by atoms with Gasteiger partial charge in [0.1, 0.15) is 10.8 Å². The Morgan fingerprint density at radius 2 is 2.19 bits per heavy atom. The van der Waals surface area contributed by atoms with Crippen molar-refractivity contribution >= 4 is 18.3 Å². The number of methoxy groups -OCH3 is 1. The molecule has 0 unspecified atom stereocenters. The van der Waals surface area contributed by atoms with Crippen LogP contribution in [0.15, 0.2) is 16.9 Å². The Labute approximate surface area is 118 Å². The summed E-state index contributed by atoms with van der Waals surface area (Å²) in [5.41, 5.74) is -0.0599. The second-order valence-corrected chi connectivity index (χ2v) is 4.34. The molecule has 21 heavy (non-hydrogen) atoms. The highest BCUT2D eigenvalue weighted by atomic mass is 16.6. The number of nitro benzene ring substituents is 1. The lowest BCUT2D eigenvalue weighted by atomic mass is 10.1. The Kier molecular flexibility index (Phi) is 3.53. The Balaban J connectivity index is 2.73. The fourth-order valence-electron chi connectivity index (χ4n) is 1.85. The molecule has 0 atom stereocenters.